The van der Waals surface area contributed by atoms with Crippen LogP contribution in [0.2, 0.25) is 0 Å². The number of nitrogens with zero attached hydrogens (tertiary/aromatic N) is 3. The third-order valence-electron chi connectivity index (χ3n) is 5.00. The lowest BCUT2D eigenvalue weighted by Gasteiger charge is -2.25. The standard InChI is InChI=1S/C18H24N4O2S/c1-21(2)18(24)14-6-4-9-22(14)10-8-16(23)20-17-13(11-19)12-5-3-7-15(12)25-17/h14H,3-10H2,1-2H3,(H,20,23). The van der Waals surface area contributed by atoms with E-state index >= 15 is 0 Å². The molecule has 134 valence electrons. The Hall–Kier alpha value is -1.91. The molecule has 7 heteroatoms. The normalized spacial score (nSPS) is 19.5. The SMILES string of the molecule is CN(C)C(=O)C1CCCN1CCC(=O)Nc1sc2c(c1C#N)CCC2. The van der Waals surface area contributed by atoms with Gasteiger partial charge < -0.3 is 10.2 Å². The van der Waals surface area contributed by atoms with Crippen molar-refractivity contribution in [3.05, 3.63) is 16.0 Å². The summed E-state index contributed by atoms with van der Waals surface area (Å²) in [6.07, 6.45) is 5.22. The number of hydrogen-bond acceptors (Lipinski definition) is 5. The van der Waals surface area contributed by atoms with Crippen LogP contribution < -0.4 is 5.32 Å². The van der Waals surface area contributed by atoms with Crippen molar-refractivity contribution in [2.45, 2.75) is 44.6 Å². The molecule has 1 unspecified atom stereocenters. The highest BCUT2D eigenvalue weighted by Gasteiger charge is 2.31. The molecule has 1 aromatic heterocycles. The molecular formula is C18H24N4O2S. The highest BCUT2D eigenvalue weighted by molar-refractivity contribution is 7.16. The summed E-state index contributed by atoms with van der Waals surface area (Å²) in [5, 5.41) is 13.0. The maximum Gasteiger partial charge on any atom is 0.239 e. The van der Waals surface area contributed by atoms with Gasteiger partial charge in [0.1, 0.15) is 11.1 Å². The highest BCUT2D eigenvalue weighted by Crippen LogP contribution is 2.38. The molecule has 6 nitrogen and oxygen atoms in total. The number of rotatable bonds is 5. The zero-order valence-electron chi connectivity index (χ0n) is 14.8. The molecule has 1 aromatic rings. The number of nitrogens with one attached hydrogen (secondary N) is 1. The summed E-state index contributed by atoms with van der Waals surface area (Å²) in [6.45, 7) is 1.43. The lowest BCUT2D eigenvalue weighted by Crippen LogP contribution is -2.43. The van der Waals surface area contributed by atoms with Gasteiger partial charge >= 0.3 is 0 Å². The predicted octanol–water partition coefficient (Wildman–Crippen LogP) is 1.99. The number of likely N-dealkylation sites (N-methyl/N-ethyl adjacent to an activating group) is 1. The number of likely N-dealkylation sites (tertiary alicyclic amines) is 1. The van der Waals surface area contributed by atoms with Crippen LogP contribution in [0, 0.1) is 11.3 Å². The minimum atomic E-state index is -0.108. The zero-order valence-corrected chi connectivity index (χ0v) is 15.6. The molecule has 0 bridgehead atoms. The largest absolute Gasteiger partial charge is 0.347 e. The average Bonchev–Trinajstić information content (AvgIpc) is 3.27. The lowest BCUT2D eigenvalue weighted by atomic mass is 10.1. The maximum atomic E-state index is 12.3. The topological polar surface area (TPSA) is 76.4 Å². The number of carbonyl (C=O) groups excluding carboxylic acids is 2. The Kier molecular flexibility index (Phi) is 5.40. The molecule has 1 atom stereocenters. The number of fused-ring (bicyclic) bond motifs is 1. The number of nitriles is 1. The van der Waals surface area contributed by atoms with Crippen LogP contribution in [0.1, 0.15) is 41.7 Å². The van der Waals surface area contributed by atoms with E-state index in [2.05, 4.69) is 16.3 Å². The second kappa shape index (κ2) is 7.54. The van der Waals surface area contributed by atoms with Crippen molar-refractivity contribution in [3.63, 3.8) is 0 Å². The monoisotopic (exact) mass is 360 g/mol. The third kappa shape index (κ3) is 3.70. The number of carbonyl (C=O) groups is 2. The molecule has 2 amide bonds. The first kappa shape index (κ1) is 17.9. The summed E-state index contributed by atoms with van der Waals surface area (Å²) in [7, 11) is 3.54. The predicted molar refractivity (Wildman–Crippen MR) is 97.6 cm³/mol. The molecule has 1 N–H and O–H groups in total. The van der Waals surface area contributed by atoms with Gasteiger partial charge in [0.2, 0.25) is 11.8 Å². The van der Waals surface area contributed by atoms with Gasteiger partial charge in [0.25, 0.3) is 0 Å². The minimum Gasteiger partial charge on any atom is -0.347 e. The number of aryl methyl sites for hydroxylation is 1. The molecule has 2 heterocycles. The first-order chi connectivity index (χ1) is 12.0. The van der Waals surface area contributed by atoms with E-state index in [4.69, 9.17) is 0 Å². The molecule has 0 saturated carbocycles. The fraction of sp³-hybridized carbons (Fsp3) is 0.611. The van der Waals surface area contributed by atoms with Gasteiger partial charge in [-0.15, -0.1) is 11.3 Å². The molecular weight excluding hydrogens is 336 g/mol. The van der Waals surface area contributed by atoms with Crippen molar-refractivity contribution < 1.29 is 9.59 Å². The van der Waals surface area contributed by atoms with Crippen LogP contribution in [-0.4, -0.2) is 54.8 Å². The van der Waals surface area contributed by atoms with E-state index in [1.54, 1.807) is 30.3 Å². The Bertz CT molecular complexity index is 719. The van der Waals surface area contributed by atoms with E-state index in [1.165, 1.54) is 4.88 Å². The average molecular weight is 360 g/mol. The van der Waals surface area contributed by atoms with Crippen molar-refractivity contribution >= 4 is 28.2 Å². The zero-order chi connectivity index (χ0) is 18.0. The van der Waals surface area contributed by atoms with Gasteiger partial charge in [-0.25, -0.2) is 0 Å². The Morgan fingerprint density at radius 2 is 2.16 bits per heavy atom. The van der Waals surface area contributed by atoms with Crippen LogP contribution >= 0.6 is 11.3 Å². The van der Waals surface area contributed by atoms with Crippen LogP contribution in [0.5, 0.6) is 0 Å². The summed E-state index contributed by atoms with van der Waals surface area (Å²) in [4.78, 5) is 29.5. The molecule has 0 spiro atoms. The summed E-state index contributed by atoms with van der Waals surface area (Å²) in [5.74, 6) is 0.0266. The van der Waals surface area contributed by atoms with E-state index in [0.717, 1.165) is 44.2 Å². The van der Waals surface area contributed by atoms with E-state index in [1.807, 2.05) is 0 Å². The molecule has 0 aromatic carbocycles. The van der Waals surface area contributed by atoms with Gasteiger partial charge in [-0.3, -0.25) is 14.5 Å². The van der Waals surface area contributed by atoms with Crippen LogP contribution in [0.3, 0.4) is 0 Å². The smallest absolute Gasteiger partial charge is 0.239 e. The first-order valence-corrected chi connectivity index (χ1v) is 9.62. The Morgan fingerprint density at radius 1 is 1.36 bits per heavy atom. The molecule has 3 rings (SSSR count). The van der Waals surface area contributed by atoms with Gasteiger partial charge in [-0.1, -0.05) is 0 Å². The lowest BCUT2D eigenvalue weighted by molar-refractivity contribution is -0.133. The van der Waals surface area contributed by atoms with Crippen molar-refractivity contribution in [1.29, 1.82) is 5.26 Å². The summed E-state index contributed by atoms with van der Waals surface area (Å²) < 4.78 is 0. The minimum absolute atomic E-state index is 0.0839. The third-order valence-corrected chi connectivity index (χ3v) is 6.21. The Morgan fingerprint density at radius 3 is 2.88 bits per heavy atom. The maximum absolute atomic E-state index is 12.3. The van der Waals surface area contributed by atoms with Gasteiger partial charge in [0.15, 0.2) is 0 Å². The molecule has 25 heavy (non-hydrogen) atoms. The molecule has 1 fully saturated rings. The van der Waals surface area contributed by atoms with Crippen LogP contribution in [0.25, 0.3) is 0 Å². The summed E-state index contributed by atoms with van der Waals surface area (Å²) in [6, 6.07) is 2.14. The van der Waals surface area contributed by atoms with Gasteiger partial charge in [-0.2, -0.15) is 5.26 Å². The summed E-state index contributed by atoms with van der Waals surface area (Å²) in [5.41, 5.74) is 1.77. The van der Waals surface area contributed by atoms with Crippen LogP contribution in [-0.2, 0) is 22.4 Å². The Labute approximate surface area is 152 Å². The van der Waals surface area contributed by atoms with Crippen molar-refractivity contribution in [2.24, 2.45) is 0 Å². The fourth-order valence-corrected chi connectivity index (χ4v) is 4.97. The number of anilines is 1. The highest BCUT2D eigenvalue weighted by atomic mass is 32.1. The number of thiophene rings is 1. The molecule has 2 aliphatic rings. The van der Waals surface area contributed by atoms with E-state index in [9.17, 15) is 14.9 Å². The molecule has 1 aliphatic heterocycles. The van der Waals surface area contributed by atoms with Crippen LogP contribution in [0.4, 0.5) is 5.00 Å². The first-order valence-electron chi connectivity index (χ1n) is 8.81. The van der Waals surface area contributed by atoms with Gasteiger partial charge in [-0.05, 0) is 44.2 Å². The molecule has 1 saturated heterocycles. The Balaban J connectivity index is 1.57. The second-order valence-corrected chi connectivity index (χ2v) is 8.00. The van der Waals surface area contributed by atoms with E-state index in [-0.39, 0.29) is 17.9 Å². The molecule has 1 aliphatic carbocycles. The molecule has 0 radical (unpaired) electrons. The number of amides is 2. The quantitative estimate of drug-likeness (QED) is 0.871. The van der Waals surface area contributed by atoms with Gasteiger partial charge in [0.05, 0.1) is 11.6 Å². The van der Waals surface area contributed by atoms with E-state index in [0.29, 0.717) is 23.5 Å². The second-order valence-electron chi connectivity index (χ2n) is 6.90. The van der Waals surface area contributed by atoms with E-state index < -0.39 is 0 Å². The fourth-order valence-electron chi connectivity index (χ4n) is 3.72. The number of hydrogen-bond donors (Lipinski definition) is 1. The van der Waals surface area contributed by atoms with Crippen molar-refractivity contribution in [2.75, 3.05) is 32.5 Å². The van der Waals surface area contributed by atoms with Crippen molar-refractivity contribution in [1.82, 2.24) is 9.80 Å². The summed E-state index contributed by atoms with van der Waals surface area (Å²) >= 11 is 1.54. The van der Waals surface area contributed by atoms with Crippen molar-refractivity contribution in [3.8, 4) is 6.07 Å². The van der Waals surface area contributed by atoms with Crippen LogP contribution in [0.15, 0.2) is 0 Å². The van der Waals surface area contributed by atoms with Gasteiger partial charge in [0, 0.05) is 31.9 Å².